The molecule has 248 valence electrons. The summed E-state index contributed by atoms with van der Waals surface area (Å²) in [7, 11) is 3.84. The van der Waals surface area contributed by atoms with Crippen LogP contribution in [0.15, 0.2) is 85.2 Å². The number of carbonyl (C=O) groups is 3. The molecule has 0 aliphatic rings. The molecule has 0 saturated carbocycles. The smallest absolute Gasteiger partial charge is 0.328 e. The number of hydrogen-bond donors (Lipinski definition) is 4. The molecule has 14 heteroatoms. The van der Waals surface area contributed by atoms with Crippen molar-refractivity contribution in [3.63, 3.8) is 0 Å². The Bertz CT molecular complexity index is 1840. The van der Waals surface area contributed by atoms with Crippen molar-refractivity contribution in [3.8, 4) is 17.6 Å². The summed E-state index contributed by atoms with van der Waals surface area (Å²) in [5.74, 6) is -1.83. The molecule has 0 atom stereocenters. The normalized spacial score (nSPS) is 10.8. The van der Waals surface area contributed by atoms with Crippen LogP contribution in [0.2, 0.25) is 5.02 Å². The van der Waals surface area contributed by atoms with Crippen molar-refractivity contribution in [1.82, 2.24) is 14.9 Å². The third kappa shape index (κ3) is 11.4. The van der Waals surface area contributed by atoms with Crippen molar-refractivity contribution in [3.05, 3.63) is 102 Å². The maximum atomic E-state index is 12.6. The van der Waals surface area contributed by atoms with Crippen molar-refractivity contribution in [2.45, 2.75) is 13.5 Å². The largest absolute Gasteiger partial charge is 0.492 e. The lowest BCUT2D eigenvalue weighted by Gasteiger charge is -2.16. The Kier molecular flexibility index (Phi) is 13.9. The number of carbonyl (C=O) groups excluding carboxylic acids is 1. The number of carboxylic acid groups (broad SMARTS) is 2. The van der Waals surface area contributed by atoms with E-state index in [4.69, 9.17) is 31.3 Å². The van der Waals surface area contributed by atoms with Crippen LogP contribution in [0.1, 0.15) is 18.2 Å². The maximum absolute atomic E-state index is 12.6. The average molecular weight is 673 g/mol. The molecular weight excluding hydrogens is 640 g/mol. The van der Waals surface area contributed by atoms with Crippen LogP contribution in [0.4, 0.5) is 17.1 Å². The van der Waals surface area contributed by atoms with Crippen molar-refractivity contribution >= 4 is 57.4 Å². The predicted octanol–water partition coefficient (Wildman–Crippen LogP) is 5.64. The zero-order chi connectivity index (χ0) is 35.1. The Morgan fingerprint density at radius 1 is 1.00 bits per heavy atom. The second-order valence-electron chi connectivity index (χ2n) is 10.0. The fourth-order valence-corrected chi connectivity index (χ4v) is 4.21. The number of nitrogens with zero attached hydrogens (tertiary/aromatic N) is 4. The minimum atomic E-state index is -1.26. The molecule has 4 rings (SSSR count). The second-order valence-corrected chi connectivity index (χ2v) is 10.4. The molecule has 0 radical (unpaired) electrons. The van der Waals surface area contributed by atoms with Crippen LogP contribution in [-0.2, 0) is 21.0 Å². The van der Waals surface area contributed by atoms with Gasteiger partial charge in [-0.15, -0.1) is 0 Å². The third-order valence-electron chi connectivity index (χ3n) is 6.06. The fourth-order valence-electron chi connectivity index (χ4n) is 3.97. The minimum absolute atomic E-state index is 0.280. The van der Waals surface area contributed by atoms with Crippen LogP contribution < -0.4 is 20.1 Å². The zero-order valence-corrected chi connectivity index (χ0v) is 27.1. The van der Waals surface area contributed by atoms with Gasteiger partial charge in [0.15, 0.2) is 0 Å². The fraction of sp³-hybridized carbons (Fsp3) is 0.176. The molecule has 2 aromatic carbocycles. The van der Waals surface area contributed by atoms with Crippen molar-refractivity contribution in [1.29, 1.82) is 5.26 Å². The van der Waals surface area contributed by atoms with Crippen LogP contribution in [0.3, 0.4) is 0 Å². The van der Waals surface area contributed by atoms with E-state index in [0.29, 0.717) is 75.4 Å². The van der Waals surface area contributed by atoms with Crippen LogP contribution in [0.25, 0.3) is 10.9 Å². The molecule has 2 aromatic heterocycles. The number of hydrogen-bond acceptors (Lipinski definition) is 10. The summed E-state index contributed by atoms with van der Waals surface area (Å²) in [6.45, 7) is 3.17. The monoisotopic (exact) mass is 672 g/mol. The van der Waals surface area contributed by atoms with Gasteiger partial charge in [-0.2, -0.15) is 5.26 Å². The summed E-state index contributed by atoms with van der Waals surface area (Å²) in [5, 5.41) is 32.7. The standard InChI is InChI=1S/C30H29ClN6O3.C4H4O4/c1-4-39-28-16-25-23(15-26(28)36-29(38)9-7-13-37(2)3)30(20(17-32)18-34-25)35-21-10-11-27(24(31)14-21)40-19-22-8-5-6-12-33-22;5-3(6)1-2-4(7)8/h5-12,14-16,18H,4,13,19H2,1-3H3,(H,34,35)(H,36,38);1-2H,(H,5,6)(H,7,8)/b;2-1-. The quantitative estimate of drug-likeness (QED) is 0.128. The minimum Gasteiger partial charge on any atom is -0.492 e. The van der Waals surface area contributed by atoms with E-state index in [1.54, 1.807) is 42.6 Å². The topological polar surface area (TPSA) is 187 Å². The Labute approximate surface area is 281 Å². The van der Waals surface area contributed by atoms with Crippen molar-refractivity contribution < 1.29 is 34.1 Å². The second kappa shape index (κ2) is 18.2. The van der Waals surface area contributed by atoms with E-state index >= 15 is 0 Å². The Morgan fingerprint density at radius 2 is 1.75 bits per heavy atom. The van der Waals surface area contributed by atoms with E-state index in [1.807, 2.05) is 44.1 Å². The van der Waals surface area contributed by atoms with Gasteiger partial charge in [-0.25, -0.2) is 9.59 Å². The first-order chi connectivity index (χ1) is 23.0. The number of aromatic nitrogens is 2. The molecule has 0 bridgehead atoms. The van der Waals surface area contributed by atoms with Gasteiger partial charge in [0.2, 0.25) is 5.91 Å². The van der Waals surface area contributed by atoms with Gasteiger partial charge in [0.25, 0.3) is 0 Å². The summed E-state index contributed by atoms with van der Waals surface area (Å²) in [6, 6.07) is 16.6. The van der Waals surface area contributed by atoms with E-state index in [9.17, 15) is 19.6 Å². The number of rotatable bonds is 13. The van der Waals surface area contributed by atoms with Gasteiger partial charge in [-0.05, 0) is 57.4 Å². The number of nitriles is 1. The van der Waals surface area contributed by atoms with E-state index in [1.165, 1.54) is 12.3 Å². The molecule has 1 amide bonds. The highest BCUT2D eigenvalue weighted by Crippen LogP contribution is 2.37. The van der Waals surface area contributed by atoms with Gasteiger partial charge in [0, 0.05) is 54.3 Å². The molecule has 0 spiro atoms. The van der Waals surface area contributed by atoms with Gasteiger partial charge in [-0.1, -0.05) is 23.7 Å². The third-order valence-corrected chi connectivity index (χ3v) is 6.35. The Hall–Kier alpha value is -5.97. The maximum Gasteiger partial charge on any atom is 0.328 e. The number of pyridine rings is 2. The zero-order valence-electron chi connectivity index (χ0n) is 26.3. The Balaban J connectivity index is 0.000000694. The molecule has 48 heavy (non-hydrogen) atoms. The van der Waals surface area contributed by atoms with E-state index in [-0.39, 0.29) is 12.5 Å². The van der Waals surface area contributed by atoms with Gasteiger partial charge < -0.3 is 35.2 Å². The van der Waals surface area contributed by atoms with Gasteiger partial charge in [0.1, 0.15) is 24.2 Å². The summed E-state index contributed by atoms with van der Waals surface area (Å²) in [6.07, 6.45) is 7.56. The van der Waals surface area contributed by atoms with E-state index < -0.39 is 11.9 Å². The molecule has 4 aromatic rings. The van der Waals surface area contributed by atoms with E-state index in [2.05, 4.69) is 26.7 Å². The summed E-state index contributed by atoms with van der Waals surface area (Å²) >= 11 is 6.52. The number of ether oxygens (including phenoxy) is 2. The highest BCUT2D eigenvalue weighted by Gasteiger charge is 2.16. The molecule has 0 unspecified atom stereocenters. The van der Waals surface area contributed by atoms with Gasteiger partial charge in [0.05, 0.1) is 39.8 Å². The lowest BCUT2D eigenvalue weighted by Crippen LogP contribution is -2.13. The molecule has 0 saturated heterocycles. The molecule has 13 nitrogen and oxygen atoms in total. The number of halogens is 1. The van der Waals surface area contributed by atoms with Gasteiger partial charge in [-0.3, -0.25) is 14.8 Å². The van der Waals surface area contributed by atoms with Crippen molar-refractivity contribution in [2.75, 3.05) is 37.9 Å². The number of likely N-dealkylation sites (N-methyl/N-ethyl adjacent to an activating group) is 1. The number of aliphatic carboxylic acids is 2. The average Bonchev–Trinajstić information content (AvgIpc) is 3.04. The van der Waals surface area contributed by atoms with E-state index in [0.717, 1.165) is 5.69 Å². The Morgan fingerprint density at radius 3 is 2.35 bits per heavy atom. The highest BCUT2D eigenvalue weighted by molar-refractivity contribution is 6.32. The summed E-state index contributed by atoms with van der Waals surface area (Å²) in [5.41, 5.74) is 3.33. The number of nitrogens with one attached hydrogen (secondary N) is 2. The van der Waals surface area contributed by atoms with Gasteiger partial charge >= 0.3 is 11.9 Å². The van der Waals surface area contributed by atoms with Crippen LogP contribution in [0.5, 0.6) is 11.5 Å². The predicted molar refractivity (Wildman–Crippen MR) is 182 cm³/mol. The number of anilines is 3. The summed E-state index contributed by atoms with van der Waals surface area (Å²) in [4.78, 5) is 42.4. The first kappa shape index (κ1) is 36.5. The number of amides is 1. The number of benzene rings is 2. The van der Waals surface area contributed by atoms with Crippen LogP contribution in [-0.4, -0.2) is 70.2 Å². The number of carboxylic acids is 2. The summed E-state index contributed by atoms with van der Waals surface area (Å²) < 4.78 is 11.6. The molecular formula is C34H33ClN6O7. The van der Waals surface area contributed by atoms with Crippen molar-refractivity contribution in [2.24, 2.45) is 0 Å². The molecule has 0 fully saturated rings. The van der Waals surface area contributed by atoms with Crippen LogP contribution in [0, 0.1) is 11.3 Å². The lowest BCUT2D eigenvalue weighted by molar-refractivity contribution is -0.134. The molecule has 0 aliphatic carbocycles. The molecule has 0 aliphatic heterocycles. The first-order valence-electron chi connectivity index (χ1n) is 14.4. The SMILES string of the molecule is CCOc1cc2ncc(C#N)c(Nc3ccc(OCc4ccccn4)c(Cl)c3)c2cc1NC(=O)C=CCN(C)C.O=C(O)/C=C\C(=O)O. The number of fused-ring (bicyclic) bond motifs is 1. The van der Waals surface area contributed by atoms with Crippen LogP contribution >= 0.6 is 11.6 Å². The molecule has 4 N–H and O–H groups in total. The molecule has 2 heterocycles. The first-order valence-corrected chi connectivity index (χ1v) is 14.7. The highest BCUT2D eigenvalue weighted by atomic mass is 35.5. The lowest BCUT2D eigenvalue weighted by atomic mass is 10.1.